The molecule has 1 aromatic rings. The summed E-state index contributed by atoms with van der Waals surface area (Å²) in [5.74, 6) is -0.200. The van der Waals surface area contributed by atoms with E-state index in [2.05, 4.69) is 20.8 Å². The Kier molecular flexibility index (Phi) is 5.34. The standard InChI is InChI=1S/C13H19N5O3S2/c1-8(10(19)18-5-4-14-12(18)20)22-13-17-16-11(23-13)15-7-9-3-2-6-21-9/h8-9H,2-7H2,1H3,(H,14,20)(H,15,16). The van der Waals surface area contributed by atoms with Gasteiger partial charge in [-0.15, -0.1) is 10.2 Å². The molecule has 0 aliphatic carbocycles. The summed E-state index contributed by atoms with van der Waals surface area (Å²) in [7, 11) is 0. The first kappa shape index (κ1) is 16.5. The smallest absolute Gasteiger partial charge is 0.324 e. The third-order valence-corrected chi connectivity index (χ3v) is 5.71. The fourth-order valence-corrected chi connectivity index (χ4v) is 4.40. The number of thioether (sulfide) groups is 1. The van der Waals surface area contributed by atoms with Gasteiger partial charge in [-0.1, -0.05) is 23.1 Å². The molecule has 3 rings (SSSR count). The number of rotatable bonds is 6. The number of carbonyl (C=O) groups excluding carboxylic acids is 2. The van der Waals surface area contributed by atoms with E-state index in [0.717, 1.165) is 31.1 Å². The van der Waals surface area contributed by atoms with Gasteiger partial charge in [0, 0.05) is 26.2 Å². The molecule has 2 fully saturated rings. The lowest BCUT2D eigenvalue weighted by molar-refractivity contribution is -0.126. The number of nitrogens with one attached hydrogen (secondary N) is 2. The summed E-state index contributed by atoms with van der Waals surface area (Å²) in [5, 5.41) is 14.4. The van der Waals surface area contributed by atoms with E-state index in [1.165, 1.54) is 28.0 Å². The van der Waals surface area contributed by atoms with Crippen molar-refractivity contribution in [2.24, 2.45) is 0 Å². The summed E-state index contributed by atoms with van der Waals surface area (Å²) in [6.07, 6.45) is 2.41. The van der Waals surface area contributed by atoms with Crippen molar-refractivity contribution in [2.75, 3.05) is 31.6 Å². The maximum absolute atomic E-state index is 12.2. The molecule has 2 aliphatic heterocycles. The number of ether oxygens (including phenoxy) is 1. The van der Waals surface area contributed by atoms with Crippen molar-refractivity contribution >= 4 is 40.2 Å². The minimum atomic E-state index is -0.377. The van der Waals surface area contributed by atoms with Gasteiger partial charge in [0.25, 0.3) is 0 Å². The molecule has 1 aromatic heterocycles. The first-order chi connectivity index (χ1) is 11.1. The molecule has 0 spiro atoms. The van der Waals surface area contributed by atoms with Crippen LogP contribution < -0.4 is 10.6 Å². The minimum absolute atomic E-state index is 0.200. The Morgan fingerprint density at radius 2 is 2.48 bits per heavy atom. The molecule has 0 aromatic carbocycles. The molecule has 3 amide bonds. The van der Waals surface area contributed by atoms with Gasteiger partial charge in [-0.3, -0.25) is 9.69 Å². The highest BCUT2D eigenvalue weighted by Crippen LogP contribution is 2.30. The normalized spacial score (nSPS) is 22.2. The number of nitrogens with zero attached hydrogens (tertiary/aromatic N) is 3. The Bertz CT molecular complexity index is 576. The summed E-state index contributed by atoms with van der Waals surface area (Å²) >= 11 is 2.73. The van der Waals surface area contributed by atoms with E-state index in [4.69, 9.17) is 4.74 Å². The molecule has 0 radical (unpaired) electrons. The highest BCUT2D eigenvalue weighted by Gasteiger charge is 2.30. The van der Waals surface area contributed by atoms with Crippen LogP contribution in [0.1, 0.15) is 19.8 Å². The zero-order valence-electron chi connectivity index (χ0n) is 12.8. The molecule has 23 heavy (non-hydrogen) atoms. The lowest BCUT2D eigenvalue weighted by Crippen LogP contribution is -2.38. The van der Waals surface area contributed by atoms with Gasteiger partial charge in [-0.05, 0) is 19.8 Å². The second-order valence-electron chi connectivity index (χ2n) is 5.37. The number of hydrogen-bond donors (Lipinski definition) is 2. The van der Waals surface area contributed by atoms with Crippen molar-refractivity contribution in [3.63, 3.8) is 0 Å². The molecule has 3 heterocycles. The summed E-state index contributed by atoms with van der Waals surface area (Å²) in [5.41, 5.74) is 0. The number of amides is 3. The minimum Gasteiger partial charge on any atom is -0.376 e. The van der Waals surface area contributed by atoms with E-state index < -0.39 is 0 Å². The molecule has 126 valence electrons. The summed E-state index contributed by atoms with van der Waals surface area (Å²) < 4.78 is 6.25. The first-order valence-corrected chi connectivity index (χ1v) is 9.28. The Labute approximate surface area is 142 Å². The van der Waals surface area contributed by atoms with Crippen molar-refractivity contribution in [2.45, 2.75) is 35.5 Å². The number of aromatic nitrogens is 2. The first-order valence-electron chi connectivity index (χ1n) is 7.58. The number of anilines is 1. The van der Waals surface area contributed by atoms with Crippen LogP contribution in [0.5, 0.6) is 0 Å². The molecular weight excluding hydrogens is 338 g/mol. The van der Waals surface area contributed by atoms with Crippen LogP contribution in [-0.4, -0.2) is 64.6 Å². The molecule has 8 nitrogen and oxygen atoms in total. The van der Waals surface area contributed by atoms with Crippen LogP contribution in [0, 0.1) is 0 Å². The van der Waals surface area contributed by atoms with Crippen LogP contribution in [0.3, 0.4) is 0 Å². The van der Waals surface area contributed by atoms with E-state index in [1.807, 2.05) is 0 Å². The van der Waals surface area contributed by atoms with Crippen LogP contribution in [0.25, 0.3) is 0 Å². The van der Waals surface area contributed by atoms with Crippen molar-refractivity contribution in [3.8, 4) is 0 Å². The number of hydrogen-bond acceptors (Lipinski definition) is 8. The second-order valence-corrected chi connectivity index (χ2v) is 7.94. The molecule has 2 N–H and O–H groups in total. The molecule has 2 aliphatic rings. The average Bonchev–Trinajstić information content (AvgIpc) is 3.26. The van der Waals surface area contributed by atoms with Gasteiger partial charge >= 0.3 is 6.03 Å². The molecule has 2 saturated heterocycles. The zero-order chi connectivity index (χ0) is 16.2. The predicted octanol–water partition coefficient (Wildman–Crippen LogP) is 1.16. The van der Waals surface area contributed by atoms with Crippen molar-refractivity contribution in [1.29, 1.82) is 0 Å². The Hall–Kier alpha value is -1.39. The summed E-state index contributed by atoms with van der Waals surface area (Å²) in [6, 6.07) is -0.321. The van der Waals surface area contributed by atoms with Gasteiger partial charge < -0.3 is 15.4 Å². The van der Waals surface area contributed by atoms with Crippen LogP contribution in [0.2, 0.25) is 0 Å². The molecule has 2 atom stereocenters. The van der Waals surface area contributed by atoms with E-state index in [-0.39, 0.29) is 23.3 Å². The number of urea groups is 1. The van der Waals surface area contributed by atoms with Gasteiger partial charge in [-0.25, -0.2) is 4.79 Å². The van der Waals surface area contributed by atoms with Gasteiger partial charge in [0.1, 0.15) is 0 Å². The van der Waals surface area contributed by atoms with Gasteiger partial charge in [0.2, 0.25) is 11.0 Å². The molecule has 10 heteroatoms. The quantitative estimate of drug-likeness (QED) is 0.738. The molecular formula is C13H19N5O3S2. The predicted molar refractivity (Wildman–Crippen MR) is 87.8 cm³/mol. The average molecular weight is 357 g/mol. The molecule has 0 saturated carbocycles. The van der Waals surface area contributed by atoms with Crippen LogP contribution >= 0.6 is 23.1 Å². The van der Waals surface area contributed by atoms with E-state index in [1.54, 1.807) is 6.92 Å². The van der Waals surface area contributed by atoms with Crippen LogP contribution in [0.15, 0.2) is 4.34 Å². The third kappa shape index (κ3) is 4.12. The Morgan fingerprint density at radius 3 is 3.17 bits per heavy atom. The van der Waals surface area contributed by atoms with Crippen molar-refractivity contribution < 1.29 is 14.3 Å². The van der Waals surface area contributed by atoms with Crippen LogP contribution in [0.4, 0.5) is 9.93 Å². The van der Waals surface area contributed by atoms with Gasteiger partial charge in [0.15, 0.2) is 4.34 Å². The lowest BCUT2D eigenvalue weighted by Gasteiger charge is -2.16. The maximum atomic E-state index is 12.2. The van der Waals surface area contributed by atoms with Gasteiger partial charge in [0.05, 0.1) is 11.4 Å². The molecule has 2 unspecified atom stereocenters. The fraction of sp³-hybridized carbons (Fsp3) is 0.692. The van der Waals surface area contributed by atoms with Crippen molar-refractivity contribution in [1.82, 2.24) is 20.4 Å². The van der Waals surface area contributed by atoms with E-state index in [9.17, 15) is 9.59 Å². The summed E-state index contributed by atoms with van der Waals surface area (Å²) in [6.45, 7) is 4.26. The third-order valence-electron chi connectivity index (χ3n) is 3.66. The van der Waals surface area contributed by atoms with Gasteiger partial charge in [-0.2, -0.15) is 0 Å². The topological polar surface area (TPSA) is 96.5 Å². The van der Waals surface area contributed by atoms with E-state index >= 15 is 0 Å². The maximum Gasteiger partial charge on any atom is 0.324 e. The second kappa shape index (κ2) is 7.45. The van der Waals surface area contributed by atoms with Crippen LogP contribution in [-0.2, 0) is 9.53 Å². The lowest BCUT2D eigenvalue weighted by atomic mass is 10.2. The highest BCUT2D eigenvalue weighted by atomic mass is 32.2. The Balaban J connectivity index is 1.49. The number of carbonyl (C=O) groups is 2. The molecule has 0 bridgehead atoms. The number of imide groups is 1. The monoisotopic (exact) mass is 357 g/mol. The Morgan fingerprint density at radius 1 is 1.61 bits per heavy atom. The van der Waals surface area contributed by atoms with E-state index in [0.29, 0.717) is 17.4 Å². The SMILES string of the molecule is CC(Sc1nnc(NCC2CCCO2)s1)C(=O)N1CCNC1=O. The summed E-state index contributed by atoms with van der Waals surface area (Å²) in [4.78, 5) is 25.0. The van der Waals surface area contributed by atoms with Crippen molar-refractivity contribution in [3.05, 3.63) is 0 Å². The largest absolute Gasteiger partial charge is 0.376 e. The fourth-order valence-electron chi connectivity index (χ4n) is 2.44. The zero-order valence-corrected chi connectivity index (χ0v) is 14.4. The highest BCUT2D eigenvalue weighted by molar-refractivity contribution is 8.02.